The minimum Gasteiger partial charge on any atom is -0.317 e. The van der Waals surface area contributed by atoms with E-state index in [1.807, 2.05) is 0 Å². The first-order valence-electron chi connectivity index (χ1n) is 5.21. The highest BCUT2D eigenvalue weighted by atomic mass is 19.3. The monoisotopic (exact) mass is 215 g/mol. The molecule has 84 valence electrons. The van der Waals surface area contributed by atoms with Gasteiger partial charge in [-0.2, -0.15) is 13.9 Å². The van der Waals surface area contributed by atoms with Crippen LogP contribution in [0.5, 0.6) is 0 Å². The van der Waals surface area contributed by atoms with Crippen LogP contribution >= 0.6 is 0 Å². The number of halogens is 2. The number of alkyl halides is 2. The third kappa shape index (κ3) is 2.17. The van der Waals surface area contributed by atoms with Crippen molar-refractivity contribution in [3.63, 3.8) is 0 Å². The van der Waals surface area contributed by atoms with Crippen molar-refractivity contribution < 1.29 is 8.78 Å². The maximum atomic E-state index is 13.2. The maximum absolute atomic E-state index is 13.2. The molecule has 0 radical (unpaired) electrons. The summed E-state index contributed by atoms with van der Waals surface area (Å²) in [4.78, 5) is 0. The average molecular weight is 215 g/mol. The topological polar surface area (TPSA) is 29.9 Å². The molecule has 2 heterocycles. The lowest BCUT2D eigenvalue weighted by Gasteiger charge is -2.26. The van der Waals surface area contributed by atoms with Gasteiger partial charge in [0.25, 0.3) is 5.92 Å². The first-order valence-corrected chi connectivity index (χ1v) is 5.21. The Balaban J connectivity index is 2.24. The number of rotatable bonds is 2. The average Bonchev–Trinajstić information content (AvgIpc) is 2.67. The predicted molar refractivity (Wildman–Crippen MR) is 52.9 cm³/mol. The zero-order chi connectivity index (χ0) is 10.9. The summed E-state index contributed by atoms with van der Waals surface area (Å²) in [5, 5.41) is 7.22. The minimum absolute atomic E-state index is 0.0226. The second-order valence-electron chi connectivity index (χ2n) is 4.03. The lowest BCUT2D eigenvalue weighted by Crippen LogP contribution is -2.31. The summed E-state index contributed by atoms with van der Waals surface area (Å²) in [6.07, 6.45) is 3.18. The molecule has 1 saturated heterocycles. The summed E-state index contributed by atoms with van der Waals surface area (Å²) in [7, 11) is 0. The van der Waals surface area contributed by atoms with Crippen molar-refractivity contribution >= 4 is 0 Å². The molecule has 1 fully saturated rings. The Morgan fingerprint density at radius 2 is 2.13 bits per heavy atom. The molecule has 1 aromatic heterocycles. The van der Waals surface area contributed by atoms with Crippen LogP contribution in [0.3, 0.4) is 0 Å². The molecule has 0 aromatic carbocycles. The number of aromatic nitrogens is 2. The number of hydrogen-bond acceptors (Lipinski definition) is 2. The van der Waals surface area contributed by atoms with Crippen molar-refractivity contribution in [2.75, 3.05) is 13.1 Å². The van der Waals surface area contributed by atoms with E-state index >= 15 is 0 Å². The van der Waals surface area contributed by atoms with E-state index in [1.165, 1.54) is 16.9 Å². The highest BCUT2D eigenvalue weighted by Crippen LogP contribution is 2.30. The molecule has 1 N–H and O–H groups in total. The Morgan fingerprint density at radius 1 is 1.47 bits per heavy atom. The van der Waals surface area contributed by atoms with Crippen LogP contribution in [-0.4, -0.2) is 22.9 Å². The van der Waals surface area contributed by atoms with Crippen LogP contribution in [-0.2, 0) is 5.92 Å². The summed E-state index contributed by atoms with van der Waals surface area (Å²) >= 11 is 0. The largest absolute Gasteiger partial charge is 0.317 e. The standard InChI is InChI=1S/C10H15F2N3/c1-10(11,12)9-4-7-14-15(9)8-2-5-13-6-3-8/h4,7-8,13H,2-3,5-6H2,1H3. The van der Waals surface area contributed by atoms with E-state index in [4.69, 9.17) is 0 Å². The zero-order valence-electron chi connectivity index (χ0n) is 8.71. The van der Waals surface area contributed by atoms with Gasteiger partial charge in [-0.25, -0.2) is 0 Å². The molecule has 15 heavy (non-hydrogen) atoms. The van der Waals surface area contributed by atoms with E-state index < -0.39 is 5.92 Å². The highest BCUT2D eigenvalue weighted by molar-refractivity contribution is 5.08. The fourth-order valence-electron chi connectivity index (χ4n) is 2.00. The van der Waals surface area contributed by atoms with Crippen LogP contribution in [0.2, 0.25) is 0 Å². The summed E-state index contributed by atoms with van der Waals surface area (Å²) in [5.74, 6) is -2.80. The first-order chi connectivity index (χ1) is 7.09. The Labute approximate surface area is 87.5 Å². The third-order valence-electron chi connectivity index (χ3n) is 2.77. The van der Waals surface area contributed by atoms with Gasteiger partial charge in [-0.15, -0.1) is 0 Å². The number of piperidine rings is 1. The Morgan fingerprint density at radius 3 is 2.73 bits per heavy atom. The molecular formula is C10H15F2N3. The summed E-state index contributed by atoms with van der Waals surface area (Å²) in [6, 6.07) is 1.52. The van der Waals surface area contributed by atoms with Crippen LogP contribution < -0.4 is 5.32 Å². The molecule has 2 rings (SSSR count). The van der Waals surface area contributed by atoms with E-state index in [0.717, 1.165) is 32.9 Å². The van der Waals surface area contributed by atoms with Crippen molar-refractivity contribution in [2.45, 2.75) is 31.7 Å². The molecule has 1 aliphatic rings. The van der Waals surface area contributed by atoms with Gasteiger partial charge in [0.1, 0.15) is 5.69 Å². The fourth-order valence-corrected chi connectivity index (χ4v) is 2.00. The van der Waals surface area contributed by atoms with Crippen molar-refractivity contribution in [3.05, 3.63) is 18.0 Å². The molecule has 1 aliphatic heterocycles. The normalized spacial score (nSPS) is 19.4. The van der Waals surface area contributed by atoms with Gasteiger partial charge >= 0.3 is 0 Å². The molecule has 1 aromatic rings. The van der Waals surface area contributed by atoms with Crippen LogP contribution in [0.25, 0.3) is 0 Å². The van der Waals surface area contributed by atoms with Crippen molar-refractivity contribution in [3.8, 4) is 0 Å². The van der Waals surface area contributed by atoms with E-state index in [-0.39, 0.29) is 11.7 Å². The Bertz CT molecular complexity index is 324. The molecule has 5 heteroatoms. The lowest BCUT2D eigenvalue weighted by atomic mass is 10.1. The van der Waals surface area contributed by atoms with E-state index in [1.54, 1.807) is 0 Å². The van der Waals surface area contributed by atoms with Crippen LogP contribution in [0.15, 0.2) is 12.3 Å². The van der Waals surface area contributed by atoms with E-state index in [0.29, 0.717) is 0 Å². The quantitative estimate of drug-likeness (QED) is 0.816. The predicted octanol–water partition coefficient (Wildman–Crippen LogP) is 1.92. The highest BCUT2D eigenvalue weighted by Gasteiger charge is 2.31. The van der Waals surface area contributed by atoms with Crippen molar-refractivity contribution in [1.82, 2.24) is 15.1 Å². The molecule has 0 unspecified atom stereocenters. The molecule has 0 bridgehead atoms. The van der Waals surface area contributed by atoms with E-state index in [9.17, 15) is 8.78 Å². The SMILES string of the molecule is CC(F)(F)c1ccnn1C1CCNCC1. The van der Waals surface area contributed by atoms with Crippen LogP contribution in [0, 0.1) is 0 Å². The van der Waals surface area contributed by atoms with Gasteiger partial charge in [0.15, 0.2) is 0 Å². The molecule has 0 spiro atoms. The molecule has 0 aliphatic carbocycles. The van der Waals surface area contributed by atoms with Crippen molar-refractivity contribution in [2.24, 2.45) is 0 Å². The summed E-state index contributed by atoms with van der Waals surface area (Å²) < 4.78 is 27.9. The lowest BCUT2D eigenvalue weighted by molar-refractivity contribution is 0.00532. The molecule has 3 nitrogen and oxygen atoms in total. The first kappa shape index (κ1) is 10.5. The molecule has 0 amide bonds. The molecule has 0 saturated carbocycles. The molecular weight excluding hydrogens is 200 g/mol. The van der Waals surface area contributed by atoms with Gasteiger partial charge in [0, 0.05) is 13.1 Å². The van der Waals surface area contributed by atoms with Gasteiger partial charge in [-0.3, -0.25) is 4.68 Å². The smallest absolute Gasteiger partial charge is 0.286 e. The summed E-state index contributed by atoms with van der Waals surface area (Å²) in [5.41, 5.74) is 0.0226. The molecule has 0 atom stereocenters. The van der Waals surface area contributed by atoms with Crippen LogP contribution in [0.4, 0.5) is 8.78 Å². The van der Waals surface area contributed by atoms with Crippen molar-refractivity contribution in [1.29, 1.82) is 0 Å². The Kier molecular flexibility index (Phi) is 2.73. The van der Waals surface area contributed by atoms with Gasteiger partial charge in [0.2, 0.25) is 0 Å². The maximum Gasteiger partial charge on any atom is 0.286 e. The summed E-state index contributed by atoms with van der Waals surface area (Å²) in [6.45, 7) is 2.67. The second-order valence-corrected chi connectivity index (χ2v) is 4.03. The fraction of sp³-hybridized carbons (Fsp3) is 0.700. The number of nitrogens with one attached hydrogen (secondary N) is 1. The van der Waals surface area contributed by atoms with Gasteiger partial charge in [-0.1, -0.05) is 0 Å². The zero-order valence-corrected chi connectivity index (χ0v) is 8.71. The third-order valence-corrected chi connectivity index (χ3v) is 2.77. The number of hydrogen-bond donors (Lipinski definition) is 1. The van der Waals surface area contributed by atoms with Gasteiger partial charge < -0.3 is 5.32 Å². The number of nitrogens with zero attached hydrogens (tertiary/aromatic N) is 2. The van der Waals surface area contributed by atoms with Gasteiger partial charge in [0.05, 0.1) is 6.04 Å². The van der Waals surface area contributed by atoms with Gasteiger partial charge in [-0.05, 0) is 32.0 Å². The van der Waals surface area contributed by atoms with E-state index in [2.05, 4.69) is 10.4 Å². The minimum atomic E-state index is -2.80. The van der Waals surface area contributed by atoms with Crippen LogP contribution in [0.1, 0.15) is 31.5 Å². The second kappa shape index (κ2) is 3.89. The Hall–Kier alpha value is -0.970.